The number of carbonyl (C=O) groups excluding carboxylic acids is 1. The summed E-state index contributed by atoms with van der Waals surface area (Å²) in [5.74, 6) is 2.48. The van der Waals surface area contributed by atoms with Crippen molar-refractivity contribution in [1.82, 2.24) is 9.80 Å². The van der Waals surface area contributed by atoms with Gasteiger partial charge >= 0.3 is 0 Å². The monoisotopic (exact) mass is 459 g/mol. The van der Waals surface area contributed by atoms with Crippen LogP contribution in [-0.4, -0.2) is 54.8 Å². The van der Waals surface area contributed by atoms with Crippen LogP contribution in [0.1, 0.15) is 27.9 Å². The van der Waals surface area contributed by atoms with Crippen molar-refractivity contribution in [3.63, 3.8) is 0 Å². The van der Waals surface area contributed by atoms with Crippen LogP contribution >= 0.6 is 0 Å². The maximum atomic E-state index is 13.3. The van der Waals surface area contributed by atoms with Gasteiger partial charge in [0, 0.05) is 37.8 Å². The number of aryl methyl sites for hydroxylation is 1. The molecule has 0 N–H and O–H groups in total. The standard InChI is InChI=1S/C27H26FN3O3/c1-18-4-11-23-25(16-18)34-24-17-21(33-2)9-10-22(24)26(29-23)30-12-3-13-31(15-14-30)27(32)19-5-7-20(28)8-6-19/h4-11,16-17H,3,12-15H2,1-2H3. The van der Waals surface area contributed by atoms with Gasteiger partial charge < -0.3 is 19.3 Å². The van der Waals surface area contributed by atoms with Gasteiger partial charge in [0.2, 0.25) is 0 Å². The summed E-state index contributed by atoms with van der Waals surface area (Å²) >= 11 is 0. The molecule has 5 rings (SSSR count). The number of carbonyl (C=O) groups is 1. The zero-order valence-corrected chi connectivity index (χ0v) is 19.3. The predicted octanol–water partition coefficient (Wildman–Crippen LogP) is 5.17. The Balaban J connectivity index is 1.45. The lowest BCUT2D eigenvalue weighted by Crippen LogP contribution is -2.37. The Bertz CT molecular complexity index is 1260. The molecule has 2 aliphatic rings. The van der Waals surface area contributed by atoms with Crippen LogP contribution in [0.5, 0.6) is 17.2 Å². The third-order valence-corrected chi connectivity index (χ3v) is 6.17. The minimum absolute atomic E-state index is 0.0843. The number of ether oxygens (including phenoxy) is 2. The van der Waals surface area contributed by atoms with E-state index in [9.17, 15) is 9.18 Å². The average molecular weight is 460 g/mol. The lowest BCUT2D eigenvalue weighted by Gasteiger charge is -2.25. The number of aliphatic imine (C=N–C) groups is 1. The number of rotatable bonds is 2. The van der Waals surface area contributed by atoms with E-state index in [1.54, 1.807) is 7.11 Å². The normalized spacial score (nSPS) is 15.3. The van der Waals surface area contributed by atoms with E-state index < -0.39 is 0 Å². The molecular formula is C27H26FN3O3. The molecule has 3 aromatic rings. The molecule has 2 aliphatic heterocycles. The van der Waals surface area contributed by atoms with Gasteiger partial charge in [0.1, 0.15) is 28.8 Å². The van der Waals surface area contributed by atoms with Crippen molar-refractivity contribution in [3.8, 4) is 17.2 Å². The summed E-state index contributed by atoms with van der Waals surface area (Å²) in [6.45, 7) is 4.56. The summed E-state index contributed by atoms with van der Waals surface area (Å²) in [7, 11) is 1.63. The molecule has 3 aromatic carbocycles. The summed E-state index contributed by atoms with van der Waals surface area (Å²) in [5, 5.41) is 0. The van der Waals surface area contributed by atoms with Crippen LogP contribution in [0, 0.1) is 12.7 Å². The molecule has 0 saturated carbocycles. The van der Waals surface area contributed by atoms with Crippen LogP contribution in [0.2, 0.25) is 0 Å². The molecule has 174 valence electrons. The van der Waals surface area contributed by atoms with Crippen LogP contribution in [-0.2, 0) is 0 Å². The van der Waals surface area contributed by atoms with E-state index in [1.807, 2.05) is 48.2 Å². The lowest BCUT2D eigenvalue weighted by molar-refractivity contribution is 0.0764. The Morgan fingerprint density at radius 3 is 2.59 bits per heavy atom. The molecule has 0 spiro atoms. The lowest BCUT2D eigenvalue weighted by atomic mass is 10.1. The SMILES string of the molecule is COc1ccc2c(c1)Oc1cc(C)ccc1N=C2N1CCCN(C(=O)c2ccc(F)cc2)CC1. The molecule has 0 aromatic heterocycles. The first-order valence-electron chi connectivity index (χ1n) is 11.4. The number of amides is 1. The molecule has 1 fully saturated rings. The van der Waals surface area contributed by atoms with Crippen molar-refractivity contribution in [3.05, 3.63) is 83.2 Å². The quantitative estimate of drug-likeness (QED) is 0.530. The smallest absolute Gasteiger partial charge is 0.253 e. The van der Waals surface area contributed by atoms with Crippen molar-refractivity contribution < 1.29 is 18.7 Å². The van der Waals surface area contributed by atoms with E-state index in [1.165, 1.54) is 24.3 Å². The van der Waals surface area contributed by atoms with Crippen molar-refractivity contribution in [2.24, 2.45) is 4.99 Å². The second-order valence-electron chi connectivity index (χ2n) is 8.51. The Labute approximate surface area is 198 Å². The highest BCUT2D eigenvalue weighted by Crippen LogP contribution is 2.40. The summed E-state index contributed by atoms with van der Waals surface area (Å²) in [4.78, 5) is 22.0. The van der Waals surface area contributed by atoms with E-state index >= 15 is 0 Å². The largest absolute Gasteiger partial charge is 0.497 e. The maximum Gasteiger partial charge on any atom is 0.253 e. The fourth-order valence-electron chi connectivity index (χ4n) is 4.34. The van der Waals surface area contributed by atoms with Crippen LogP contribution in [0.15, 0.2) is 65.7 Å². The molecule has 0 bridgehead atoms. The van der Waals surface area contributed by atoms with Crippen molar-refractivity contribution in [2.75, 3.05) is 33.3 Å². The van der Waals surface area contributed by atoms with Gasteiger partial charge in [-0.25, -0.2) is 9.38 Å². The maximum absolute atomic E-state index is 13.3. The van der Waals surface area contributed by atoms with Gasteiger partial charge in [-0.2, -0.15) is 0 Å². The third-order valence-electron chi connectivity index (χ3n) is 6.17. The van der Waals surface area contributed by atoms with E-state index in [2.05, 4.69) is 4.90 Å². The first-order chi connectivity index (χ1) is 16.5. The minimum Gasteiger partial charge on any atom is -0.497 e. The zero-order valence-electron chi connectivity index (χ0n) is 19.3. The molecule has 34 heavy (non-hydrogen) atoms. The number of halogens is 1. The van der Waals surface area contributed by atoms with Crippen LogP contribution in [0.25, 0.3) is 0 Å². The topological polar surface area (TPSA) is 54.4 Å². The number of amidine groups is 1. The Kier molecular flexibility index (Phi) is 5.92. The molecule has 6 nitrogen and oxygen atoms in total. The fourth-order valence-corrected chi connectivity index (χ4v) is 4.34. The van der Waals surface area contributed by atoms with Gasteiger partial charge in [-0.3, -0.25) is 4.79 Å². The number of benzene rings is 3. The number of hydrogen-bond acceptors (Lipinski definition) is 5. The van der Waals surface area contributed by atoms with Crippen LogP contribution < -0.4 is 9.47 Å². The molecule has 1 amide bonds. The molecule has 0 radical (unpaired) electrons. The molecule has 7 heteroatoms. The van der Waals surface area contributed by atoms with Gasteiger partial charge in [-0.15, -0.1) is 0 Å². The Hall–Kier alpha value is -3.87. The highest BCUT2D eigenvalue weighted by molar-refractivity contribution is 6.04. The molecular weight excluding hydrogens is 433 g/mol. The van der Waals surface area contributed by atoms with Crippen molar-refractivity contribution >= 4 is 17.4 Å². The van der Waals surface area contributed by atoms with Crippen LogP contribution in [0.3, 0.4) is 0 Å². The summed E-state index contributed by atoms with van der Waals surface area (Å²) in [5.41, 5.74) is 3.23. The average Bonchev–Trinajstić information content (AvgIpc) is 3.18. The highest BCUT2D eigenvalue weighted by Gasteiger charge is 2.27. The number of methoxy groups -OCH3 is 1. The fraction of sp³-hybridized carbons (Fsp3) is 0.259. The van der Waals surface area contributed by atoms with Crippen LogP contribution in [0.4, 0.5) is 10.1 Å². The van der Waals surface area contributed by atoms with Gasteiger partial charge in [0.25, 0.3) is 5.91 Å². The summed E-state index contributed by atoms with van der Waals surface area (Å²) < 4.78 is 25.0. The molecule has 0 unspecified atom stereocenters. The second kappa shape index (κ2) is 9.17. The number of hydrogen-bond donors (Lipinski definition) is 0. The van der Waals surface area contributed by atoms with Crippen molar-refractivity contribution in [2.45, 2.75) is 13.3 Å². The van der Waals surface area contributed by atoms with E-state index in [0.29, 0.717) is 42.4 Å². The zero-order chi connectivity index (χ0) is 23.7. The molecule has 0 atom stereocenters. The highest BCUT2D eigenvalue weighted by atomic mass is 19.1. The molecule has 0 aliphatic carbocycles. The summed E-state index contributed by atoms with van der Waals surface area (Å²) in [6, 6.07) is 17.4. The first kappa shape index (κ1) is 21.9. The minimum atomic E-state index is -0.349. The summed E-state index contributed by atoms with van der Waals surface area (Å²) in [6.07, 6.45) is 0.791. The Morgan fingerprint density at radius 1 is 0.971 bits per heavy atom. The Morgan fingerprint density at radius 2 is 1.79 bits per heavy atom. The van der Waals surface area contributed by atoms with E-state index in [4.69, 9.17) is 14.5 Å². The van der Waals surface area contributed by atoms with Gasteiger partial charge in [0.15, 0.2) is 5.75 Å². The van der Waals surface area contributed by atoms with Gasteiger partial charge in [-0.1, -0.05) is 6.07 Å². The molecule has 1 saturated heterocycles. The van der Waals surface area contributed by atoms with Gasteiger partial charge in [-0.05, 0) is 67.4 Å². The van der Waals surface area contributed by atoms with Crippen molar-refractivity contribution in [1.29, 1.82) is 0 Å². The molecule has 2 heterocycles. The van der Waals surface area contributed by atoms with E-state index in [0.717, 1.165) is 35.6 Å². The first-order valence-corrected chi connectivity index (χ1v) is 11.4. The number of nitrogens with zero attached hydrogens (tertiary/aromatic N) is 3. The predicted molar refractivity (Wildman–Crippen MR) is 129 cm³/mol. The van der Waals surface area contributed by atoms with E-state index in [-0.39, 0.29) is 11.7 Å². The second-order valence-corrected chi connectivity index (χ2v) is 8.51. The third kappa shape index (κ3) is 4.33. The van der Waals surface area contributed by atoms with Gasteiger partial charge in [0.05, 0.1) is 12.7 Å². The number of fused-ring (bicyclic) bond motifs is 2.